The van der Waals surface area contributed by atoms with Gasteiger partial charge in [0.2, 0.25) is 0 Å². The predicted octanol–water partition coefficient (Wildman–Crippen LogP) is 5.15. The third-order valence-electron chi connectivity index (χ3n) is 7.41. The Balaban J connectivity index is 1.81. The Morgan fingerprint density at radius 2 is 1.76 bits per heavy atom. The molecule has 2 saturated heterocycles. The molecule has 1 amide bonds. The van der Waals surface area contributed by atoms with Crippen molar-refractivity contribution in [3.63, 3.8) is 0 Å². The van der Waals surface area contributed by atoms with Gasteiger partial charge in [0.05, 0.1) is 4.91 Å². The molecular formula is C29H35N5O2S2. The van der Waals surface area contributed by atoms with Gasteiger partial charge < -0.3 is 9.80 Å². The van der Waals surface area contributed by atoms with Gasteiger partial charge in [0.15, 0.2) is 0 Å². The van der Waals surface area contributed by atoms with Crippen molar-refractivity contribution in [3.8, 4) is 6.07 Å². The molecule has 7 nitrogen and oxygen atoms in total. The predicted molar refractivity (Wildman–Crippen MR) is 161 cm³/mol. The molecule has 2 aromatic rings. The summed E-state index contributed by atoms with van der Waals surface area (Å²) in [4.78, 5) is 33.7. The molecule has 3 heterocycles. The second-order valence-electron chi connectivity index (χ2n) is 9.78. The molecule has 2 fully saturated rings. The van der Waals surface area contributed by atoms with E-state index < -0.39 is 0 Å². The van der Waals surface area contributed by atoms with E-state index in [-0.39, 0.29) is 23.1 Å². The lowest BCUT2D eigenvalue weighted by Gasteiger charge is -2.39. The van der Waals surface area contributed by atoms with Gasteiger partial charge in [-0.05, 0) is 50.5 Å². The molecular weight excluding hydrogens is 514 g/mol. The van der Waals surface area contributed by atoms with Gasteiger partial charge in [-0.1, -0.05) is 62.4 Å². The van der Waals surface area contributed by atoms with Crippen molar-refractivity contribution >= 4 is 51.8 Å². The number of para-hydroxylation sites is 1. The van der Waals surface area contributed by atoms with Crippen molar-refractivity contribution in [3.05, 3.63) is 62.3 Å². The van der Waals surface area contributed by atoms with E-state index in [1.165, 1.54) is 17.4 Å². The molecule has 1 aromatic heterocycles. The van der Waals surface area contributed by atoms with Gasteiger partial charge in [-0.25, -0.2) is 0 Å². The number of thiocarbonyl (C=S) groups is 1. The van der Waals surface area contributed by atoms with Gasteiger partial charge in [0.1, 0.15) is 21.8 Å². The second-order valence-corrected chi connectivity index (χ2v) is 11.5. The van der Waals surface area contributed by atoms with E-state index in [0.29, 0.717) is 21.3 Å². The minimum Gasteiger partial charge on any atom is -0.368 e. The fourth-order valence-electron chi connectivity index (χ4n) is 5.00. The van der Waals surface area contributed by atoms with Crippen molar-refractivity contribution < 1.29 is 4.79 Å². The Kier molecular flexibility index (Phi) is 8.95. The Morgan fingerprint density at radius 3 is 2.37 bits per heavy atom. The number of carbonyl (C=O) groups is 1. The first-order valence-electron chi connectivity index (χ1n) is 13.3. The number of carbonyl (C=O) groups excluding carboxylic acids is 1. The van der Waals surface area contributed by atoms with Crippen LogP contribution in [0.4, 0.5) is 11.5 Å². The molecule has 0 spiro atoms. The Bertz CT molecular complexity index is 1340. The standard InChI is InChI=1S/C29H35N5O2S2/c1-5-7-13-33-26(32-16-14-31(15-17-32)22-11-9-8-10-12-22)23(21(4)24(19-30)27(33)35)18-25-28(36)34(20(3)6-2)29(37)38-25/h8-12,18,20H,5-7,13-17H2,1-4H3/b25-18+. The first-order valence-corrected chi connectivity index (χ1v) is 14.5. The van der Waals surface area contributed by atoms with Crippen molar-refractivity contribution in [1.82, 2.24) is 9.47 Å². The molecule has 1 unspecified atom stereocenters. The molecule has 1 atom stereocenters. The smallest absolute Gasteiger partial charge is 0.270 e. The van der Waals surface area contributed by atoms with Crippen LogP contribution >= 0.6 is 24.0 Å². The van der Waals surface area contributed by atoms with E-state index in [1.807, 2.05) is 45.0 Å². The summed E-state index contributed by atoms with van der Waals surface area (Å²) in [7, 11) is 0. The summed E-state index contributed by atoms with van der Waals surface area (Å²) in [6.07, 6.45) is 4.40. The van der Waals surface area contributed by atoms with Crippen LogP contribution < -0.4 is 15.4 Å². The number of nitriles is 1. The third kappa shape index (κ3) is 5.38. The number of nitrogens with zero attached hydrogens (tertiary/aromatic N) is 5. The first kappa shape index (κ1) is 27.9. The normalized spacial score (nSPS) is 17.9. The summed E-state index contributed by atoms with van der Waals surface area (Å²) in [6, 6.07) is 12.5. The van der Waals surface area contributed by atoms with Crippen molar-refractivity contribution in [2.75, 3.05) is 36.0 Å². The summed E-state index contributed by atoms with van der Waals surface area (Å²) < 4.78 is 2.31. The molecule has 2 aliphatic heterocycles. The molecule has 2 aliphatic rings. The van der Waals surface area contributed by atoms with Gasteiger partial charge in [-0.2, -0.15) is 5.26 Å². The molecule has 0 radical (unpaired) electrons. The number of unbranched alkanes of at least 4 members (excludes halogenated alkanes) is 1. The van der Waals surface area contributed by atoms with Crippen LogP contribution in [0.15, 0.2) is 40.0 Å². The van der Waals surface area contributed by atoms with E-state index in [9.17, 15) is 14.9 Å². The fourth-order valence-corrected chi connectivity index (χ4v) is 6.44. The van der Waals surface area contributed by atoms with Crippen molar-refractivity contribution in [2.24, 2.45) is 0 Å². The molecule has 38 heavy (non-hydrogen) atoms. The average molecular weight is 550 g/mol. The average Bonchev–Trinajstić information content (AvgIpc) is 3.22. The number of hydrogen-bond acceptors (Lipinski definition) is 7. The molecule has 200 valence electrons. The minimum absolute atomic E-state index is 0.00760. The van der Waals surface area contributed by atoms with Crippen LogP contribution in [0, 0.1) is 18.3 Å². The summed E-state index contributed by atoms with van der Waals surface area (Å²) in [5.74, 6) is 0.680. The highest BCUT2D eigenvalue weighted by atomic mass is 32.2. The zero-order valence-electron chi connectivity index (χ0n) is 22.6. The van der Waals surface area contributed by atoms with Gasteiger partial charge in [-0.3, -0.25) is 19.1 Å². The number of pyridine rings is 1. The Labute approximate surface area is 234 Å². The van der Waals surface area contributed by atoms with Crippen LogP contribution in [0.3, 0.4) is 0 Å². The van der Waals surface area contributed by atoms with Crippen LogP contribution in [0.25, 0.3) is 6.08 Å². The van der Waals surface area contributed by atoms with Gasteiger partial charge in [0.25, 0.3) is 11.5 Å². The number of aromatic nitrogens is 1. The largest absolute Gasteiger partial charge is 0.368 e. The number of piperazine rings is 1. The summed E-state index contributed by atoms with van der Waals surface area (Å²) in [5, 5.41) is 9.93. The highest BCUT2D eigenvalue weighted by Crippen LogP contribution is 2.37. The van der Waals surface area contributed by atoms with E-state index in [1.54, 1.807) is 9.47 Å². The summed E-state index contributed by atoms with van der Waals surface area (Å²) in [5.41, 5.74) is 2.43. The fraction of sp³-hybridized carbons (Fsp3) is 0.448. The summed E-state index contributed by atoms with van der Waals surface area (Å²) in [6.45, 7) is 11.5. The van der Waals surface area contributed by atoms with E-state index in [2.05, 4.69) is 34.9 Å². The van der Waals surface area contributed by atoms with Gasteiger partial charge >= 0.3 is 0 Å². The second kappa shape index (κ2) is 12.2. The van der Waals surface area contributed by atoms with E-state index in [0.717, 1.165) is 56.8 Å². The molecule has 0 aliphatic carbocycles. The molecule has 0 saturated carbocycles. The lowest BCUT2D eigenvalue weighted by Crippen LogP contribution is -2.48. The lowest BCUT2D eigenvalue weighted by molar-refractivity contribution is -0.123. The van der Waals surface area contributed by atoms with E-state index >= 15 is 0 Å². The summed E-state index contributed by atoms with van der Waals surface area (Å²) >= 11 is 6.86. The molecule has 0 bridgehead atoms. The minimum atomic E-state index is -0.261. The third-order valence-corrected chi connectivity index (χ3v) is 8.74. The number of anilines is 2. The van der Waals surface area contributed by atoms with E-state index in [4.69, 9.17) is 12.2 Å². The Morgan fingerprint density at radius 1 is 1.11 bits per heavy atom. The highest BCUT2D eigenvalue weighted by molar-refractivity contribution is 8.26. The monoisotopic (exact) mass is 549 g/mol. The number of thioether (sulfide) groups is 1. The molecule has 0 N–H and O–H groups in total. The molecule has 9 heteroatoms. The first-order chi connectivity index (χ1) is 18.3. The molecule has 1 aromatic carbocycles. The van der Waals surface area contributed by atoms with Gasteiger partial charge in [-0.15, -0.1) is 0 Å². The zero-order valence-corrected chi connectivity index (χ0v) is 24.2. The van der Waals surface area contributed by atoms with Crippen molar-refractivity contribution in [1.29, 1.82) is 5.26 Å². The van der Waals surface area contributed by atoms with Crippen LogP contribution in [0.5, 0.6) is 0 Å². The highest BCUT2D eigenvalue weighted by Gasteiger charge is 2.36. The van der Waals surface area contributed by atoms with Crippen LogP contribution in [0.2, 0.25) is 0 Å². The Hall–Kier alpha value is -3.09. The lowest BCUT2D eigenvalue weighted by atomic mass is 10.0. The quantitative estimate of drug-likeness (QED) is 0.333. The number of hydrogen-bond donors (Lipinski definition) is 0. The van der Waals surface area contributed by atoms with Crippen molar-refractivity contribution in [2.45, 2.75) is 59.5 Å². The maximum Gasteiger partial charge on any atom is 0.270 e. The van der Waals surface area contributed by atoms with Crippen LogP contribution in [-0.2, 0) is 11.3 Å². The van der Waals surface area contributed by atoms with Gasteiger partial charge in [0, 0.05) is 50.0 Å². The number of rotatable bonds is 8. The topological polar surface area (TPSA) is 72.6 Å². The SMILES string of the molecule is CCCCn1c(N2CCN(c3ccccc3)CC2)c(/C=C2/SC(=S)N(C(C)CC)C2=O)c(C)c(C#N)c1=O. The number of amides is 1. The van der Waals surface area contributed by atoms with Crippen LogP contribution in [-0.4, -0.2) is 51.9 Å². The molecule has 4 rings (SSSR count). The zero-order chi connectivity index (χ0) is 27.4. The maximum absolute atomic E-state index is 13.5. The van der Waals surface area contributed by atoms with Crippen LogP contribution in [0.1, 0.15) is 56.7 Å². The number of benzene rings is 1. The maximum atomic E-state index is 13.5.